The van der Waals surface area contributed by atoms with Crippen LogP contribution in [0.4, 0.5) is 5.69 Å². The molecule has 0 saturated heterocycles. The molecule has 1 amide bonds. The molecule has 2 heterocycles. The molecule has 29 heavy (non-hydrogen) atoms. The summed E-state index contributed by atoms with van der Waals surface area (Å²) in [4.78, 5) is 31.5. The van der Waals surface area contributed by atoms with E-state index in [1.807, 2.05) is 62.4 Å². The lowest BCUT2D eigenvalue weighted by molar-refractivity contribution is -0.118. The lowest BCUT2D eigenvalue weighted by Crippen LogP contribution is -2.34. The number of aryl methyl sites for hydroxylation is 1. The molecule has 0 bridgehead atoms. The van der Waals surface area contributed by atoms with E-state index in [1.54, 1.807) is 11.7 Å². The summed E-state index contributed by atoms with van der Waals surface area (Å²) in [5.41, 5.74) is 4.04. The van der Waals surface area contributed by atoms with Gasteiger partial charge < -0.3 is 4.90 Å². The van der Waals surface area contributed by atoms with Gasteiger partial charge in [-0.2, -0.15) is 5.10 Å². The second kappa shape index (κ2) is 7.35. The number of para-hydroxylation sites is 1. The summed E-state index contributed by atoms with van der Waals surface area (Å²) in [6.45, 7) is 3.94. The predicted octanol–water partition coefficient (Wildman–Crippen LogP) is 2.86. The highest BCUT2D eigenvalue weighted by atomic mass is 16.2. The van der Waals surface area contributed by atoms with Gasteiger partial charge in [0.15, 0.2) is 5.65 Å². The molecule has 4 rings (SSSR count). The first-order valence-corrected chi connectivity index (χ1v) is 9.28. The number of likely N-dealkylation sites (N-methyl/N-ethyl adjacent to an activating group) is 1. The zero-order chi connectivity index (χ0) is 20.5. The molecule has 0 saturated carbocycles. The number of rotatable bonds is 4. The minimum Gasteiger partial charge on any atom is -0.314 e. The first-order valence-electron chi connectivity index (χ1n) is 9.28. The zero-order valence-electron chi connectivity index (χ0n) is 16.5. The third-order valence-corrected chi connectivity index (χ3v) is 5.18. The van der Waals surface area contributed by atoms with E-state index >= 15 is 0 Å². The maximum atomic E-state index is 12.9. The van der Waals surface area contributed by atoms with Crippen molar-refractivity contribution in [2.75, 3.05) is 11.9 Å². The van der Waals surface area contributed by atoms with Crippen LogP contribution in [0.25, 0.3) is 16.7 Å². The lowest BCUT2D eigenvalue weighted by atomic mass is 10.1. The standard InChI is InChI=1S/C22H21N5O2/c1-15-8-7-11-19(16(15)2)27-21-18(12-24-27)22(29)26(14-23-21)13-20(28)25(3)17-9-5-4-6-10-17/h4-12,14H,13H2,1-3H3. The number of aromatic nitrogens is 4. The van der Waals surface area contributed by atoms with Gasteiger partial charge in [0, 0.05) is 12.7 Å². The van der Waals surface area contributed by atoms with Crippen molar-refractivity contribution in [2.45, 2.75) is 20.4 Å². The topological polar surface area (TPSA) is 73.0 Å². The Bertz CT molecular complexity index is 1260. The van der Waals surface area contributed by atoms with Gasteiger partial charge in [-0.1, -0.05) is 30.3 Å². The van der Waals surface area contributed by atoms with Crippen LogP contribution in [0.2, 0.25) is 0 Å². The van der Waals surface area contributed by atoms with Crippen LogP contribution in [0.15, 0.2) is 65.8 Å². The van der Waals surface area contributed by atoms with Gasteiger partial charge >= 0.3 is 0 Å². The Kier molecular flexibility index (Phi) is 4.72. The van der Waals surface area contributed by atoms with Crippen LogP contribution in [0.1, 0.15) is 11.1 Å². The van der Waals surface area contributed by atoms with Crippen LogP contribution in [-0.2, 0) is 11.3 Å². The first kappa shape index (κ1) is 18.6. The van der Waals surface area contributed by atoms with Crippen molar-refractivity contribution in [3.05, 3.63) is 82.5 Å². The van der Waals surface area contributed by atoms with E-state index in [-0.39, 0.29) is 18.0 Å². The number of carbonyl (C=O) groups is 1. The highest BCUT2D eigenvalue weighted by Gasteiger charge is 2.16. The van der Waals surface area contributed by atoms with Gasteiger partial charge in [-0.05, 0) is 43.2 Å². The van der Waals surface area contributed by atoms with Crippen LogP contribution in [0.3, 0.4) is 0 Å². The summed E-state index contributed by atoms with van der Waals surface area (Å²) in [6, 6.07) is 15.2. The molecule has 0 unspecified atom stereocenters. The van der Waals surface area contributed by atoms with E-state index in [9.17, 15) is 9.59 Å². The third kappa shape index (κ3) is 3.31. The summed E-state index contributed by atoms with van der Waals surface area (Å²) >= 11 is 0. The smallest absolute Gasteiger partial charge is 0.264 e. The molecular weight excluding hydrogens is 366 g/mol. The average molecular weight is 387 g/mol. The van der Waals surface area contributed by atoms with Gasteiger partial charge in [0.1, 0.15) is 18.3 Å². The maximum absolute atomic E-state index is 12.9. The van der Waals surface area contributed by atoms with Crippen molar-refractivity contribution >= 4 is 22.6 Å². The minimum absolute atomic E-state index is 0.0954. The summed E-state index contributed by atoms with van der Waals surface area (Å²) in [7, 11) is 1.69. The molecule has 0 atom stereocenters. The number of hydrogen-bond acceptors (Lipinski definition) is 4. The monoisotopic (exact) mass is 387 g/mol. The van der Waals surface area contributed by atoms with Gasteiger partial charge in [-0.15, -0.1) is 0 Å². The van der Waals surface area contributed by atoms with Crippen LogP contribution in [0.5, 0.6) is 0 Å². The van der Waals surface area contributed by atoms with Crippen molar-refractivity contribution in [1.82, 2.24) is 19.3 Å². The van der Waals surface area contributed by atoms with E-state index in [4.69, 9.17) is 0 Å². The highest BCUT2D eigenvalue weighted by Crippen LogP contribution is 2.20. The van der Waals surface area contributed by atoms with Gasteiger partial charge in [0.25, 0.3) is 5.56 Å². The van der Waals surface area contributed by atoms with Gasteiger partial charge in [0.05, 0.1) is 11.9 Å². The number of nitrogens with zero attached hydrogens (tertiary/aromatic N) is 5. The Morgan fingerprint density at radius 3 is 2.59 bits per heavy atom. The van der Waals surface area contributed by atoms with E-state index in [1.165, 1.54) is 22.0 Å². The fourth-order valence-electron chi connectivity index (χ4n) is 3.25. The van der Waals surface area contributed by atoms with Crippen molar-refractivity contribution in [2.24, 2.45) is 0 Å². The Morgan fingerprint density at radius 2 is 1.83 bits per heavy atom. The molecule has 0 aliphatic heterocycles. The van der Waals surface area contributed by atoms with Crippen LogP contribution in [-0.4, -0.2) is 32.3 Å². The molecule has 7 nitrogen and oxygen atoms in total. The predicted molar refractivity (Wildman–Crippen MR) is 112 cm³/mol. The van der Waals surface area contributed by atoms with Crippen molar-refractivity contribution < 1.29 is 4.79 Å². The summed E-state index contributed by atoms with van der Waals surface area (Å²) in [6.07, 6.45) is 2.92. The summed E-state index contributed by atoms with van der Waals surface area (Å²) < 4.78 is 2.99. The molecule has 0 N–H and O–H groups in total. The molecule has 0 fully saturated rings. The average Bonchev–Trinajstić information content (AvgIpc) is 3.17. The van der Waals surface area contributed by atoms with Crippen LogP contribution < -0.4 is 10.5 Å². The van der Waals surface area contributed by atoms with E-state index in [0.717, 1.165) is 22.5 Å². The van der Waals surface area contributed by atoms with E-state index < -0.39 is 0 Å². The maximum Gasteiger partial charge on any atom is 0.264 e. The number of carbonyl (C=O) groups excluding carboxylic acids is 1. The number of amides is 1. The minimum atomic E-state index is -0.290. The number of anilines is 1. The molecule has 0 aliphatic rings. The normalized spacial score (nSPS) is 11.0. The van der Waals surface area contributed by atoms with Gasteiger partial charge in [-0.25, -0.2) is 9.67 Å². The Hall–Kier alpha value is -3.74. The summed E-state index contributed by atoms with van der Waals surface area (Å²) in [5, 5.41) is 4.76. The lowest BCUT2D eigenvalue weighted by Gasteiger charge is -2.17. The Balaban J connectivity index is 1.68. The number of benzene rings is 2. The molecule has 4 aromatic rings. The number of hydrogen-bond donors (Lipinski definition) is 0. The van der Waals surface area contributed by atoms with E-state index in [0.29, 0.717) is 11.0 Å². The second-order valence-corrected chi connectivity index (χ2v) is 6.98. The molecular formula is C22H21N5O2. The Morgan fingerprint density at radius 1 is 1.07 bits per heavy atom. The number of fused-ring (bicyclic) bond motifs is 1. The van der Waals surface area contributed by atoms with Crippen molar-refractivity contribution in [1.29, 1.82) is 0 Å². The van der Waals surface area contributed by atoms with Crippen molar-refractivity contribution in [3.8, 4) is 5.69 Å². The Labute approximate surface area is 167 Å². The van der Waals surface area contributed by atoms with Crippen LogP contribution >= 0.6 is 0 Å². The fourth-order valence-corrected chi connectivity index (χ4v) is 3.25. The van der Waals surface area contributed by atoms with Crippen molar-refractivity contribution in [3.63, 3.8) is 0 Å². The summed E-state index contributed by atoms with van der Waals surface area (Å²) in [5.74, 6) is -0.207. The molecule has 0 aliphatic carbocycles. The van der Waals surface area contributed by atoms with Gasteiger partial charge in [-0.3, -0.25) is 14.2 Å². The van der Waals surface area contributed by atoms with Crippen LogP contribution in [0, 0.1) is 13.8 Å². The SMILES string of the molecule is Cc1cccc(-n2ncc3c(=O)n(CC(=O)N(C)c4ccccc4)cnc32)c1C. The molecule has 7 heteroatoms. The molecule has 0 radical (unpaired) electrons. The third-order valence-electron chi connectivity index (χ3n) is 5.18. The fraction of sp³-hybridized carbons (Fsp3) is 0.182. The molecule has 2 aromatic heterocycles. The second-order valence-electron chi connectivity index (χ2n) is 6.98. The largest absolute Gasteiger partial charge is 0.314 e. The molecule has 2 aromatic carbocycles. The zero-order valence-corrected chi connectivity index (χ0v) is 16.5. The van der Waals surface area contributed by atoms with Gasteiger partial charge in [0.2, 0.25) is 5.91 Å². The quantitative estimate of drug-likeness (QED) is 0.540. The molecule has 146 valence electrons. The molecule has 0 spiro atoms. The van der Waals surface area contributed by atoms with E-state index in [2.05, 4.69) is 10.1 Å². The first-order chi connectivity index (χ1) is 14.0. The highest BCUT2D eigenvalue weighted by molar-refractivity contribution is 5.92.